The molecule has 0 aromatic heterocycles. The van der Waals surface area contributed by atoms with Crippen LogP contribution in [0, 0.1) is 17.0 Å². The Hall–Kier alpha value is -1.84. The highest BCUT2D eigenvalue weighted by Gasteiger charge is 2.48. The van der Waals surface area contributed by atoms with Gasteiger partial charge < -0.3 is 4.18 Å². The highest BCUT2D eigenvalue weighted by Crippen LogP contribution is 2.30. The molecule has 0 spiro atoms. The van der Waals surface area contributed by atoms with Gasteiger partial charge in [0.1, 0.15) is 0 Å². The van der Waals surface area contributed by atoms with E-state index in [1.807, 2.05) is 0 Å². The molecule has 0 N–H and O–H groups in total. The summed E-state index contributed by atoms with van der Waals surface area (Å²) in [4.78, 5) is 9.52. The molecule has 0 radical (unpaired) electrons. The maximum atomic E-state index is 12.1. The maximum Gasteiger partial charge on any atom is 0.534 e. The Morgan fingerprint density at radius 2 is 1.89 bits per heavy atom. The Bertz CT molecular complexity index is 581. The van der Waals surface area contributed by atoms with Gasteiger partial charge in [-0.25, -0.2) is 0 Å². The second kappa shape index (κ2) is 4.44. The summed E-state index contributed by atoms with van der Waals surface area (Å²) < 4.78 is 61.5. The topological polar surface area (TPSA) is 86.5 Å². The quantitative estimate of drug-likeness (QED) is 0.367. The van der Waals surface area contributed by atoms with Crippen molar-refractivity contribution in [1.82, 2.24) is 0 Å². The number of hydrogen-bond donors (Lipinski definition) is 0. The number of non-ortho nitro benzene ring substituents is 1. The lowest BCUT2D eigenvalue weighted by atomic mass is 10.2. The van der Waals surface area contributed by atoms with E-state index in [1.165, 1.54) is 6.92 Å². The fraction of sp³-hybridized carbons (Fsp3) is 0.250. The van der Waals surface area contributed by atoms with E-state index in [0.717, 1.165) is 12.1 Å². The van der Waals surface area contributed by atoms with Crippen LogP contribution < -0.4 is 4.18 Å². The number of rotatable bonds is 3. The minimum absolute atomic E-state index is 0.0217. The van der Waals surface area contributed by atoms with E-state index in [2.05, 4.69) is 4.18 Å². The van der Waals surface area contributed by atoms with Gasteiger partial charge in [-0.05, 0) is 18.6 Å². The third-order valence-corrected chi connectivity index (χ3v) is 2.83. The summed E-state index contributed by atoms with van der Waals surface area (Å²) in [5.41, 5.74) is -6.15. The second-order valence-electron chi connectivity index (χ2n) is 3.19. The number of nitrogens with zero attached hydrogens (tertiary/aromatic N) is 1. The first kappa shape index (κ1) is 14.2. The monoisotopic (exact) mass is 285 g/mol. The molecule has 0 bridgehead atoms. The molecular formula is C8H6F3NO5S. The van der Waals surface area contributed by atoms with Gasteiger partial charge in [0.25, 0.3) is 5.69 Å². The third kappa shape index (κ3) is 2.88. The van der Waals surface area contributed by atoms with Crippen LogP contribution >= 0.6 is 0 Å². The number of hydrogen-bond acceptors (Lipinski definition) is 5. The summed E-state index contributed by atoms with van der Waals surface area (Å²) in [7, 11) is -5.84. The molecule has 0 atom stereocenters. The molecule has 0 unspecified atom stereocenters. The molecule has 0 saturated heterocycles. The maximum absolute atomic E-state index is 12.1. The van der Waals surface area contributed by atoms with E-state index in [-0.39, 0.29) is 5.56 Å². The van der Waals surface area contributed by atoms with Crippen LogP contribution in [0.2, 0.25) is 0 Å². The van der Waals surface area contributed by atoms with Crippen molar-refractivity contribution in [1.29, 1.82) is 0 Å². The Labute approximate surface area is 99.3 Å². The van der Waals surface area contributed by atoms with Gasteiger partial charge in [-0.3, -0.25) is 10.1 Å². The van der Waals surface area contributed by atoms with Gasteiger partial charge in [-0.1, -0.05) is 0 Å². The number of nitro groups is 1. The smallest absolute Gasteiger partial charge is 0.375 e. The van der Waals surface area contributed by atoms with Crippen molar-refractivity contribution in [2.75, 3.05) is 0 Å². The van der Waals surface area contributed by atoms with E-state index in [4.69, 9.17) is 0 Å². The third-order valence-electron chi connectivity index (χ3n) is 1.87. The molecule has 0 heterocycles. The molecule has 1 aromatic carbocycles. The van der Waals surface area contributed by atoms with Crippen molar-refractivity contribution >= 4 is 15.8 Å². The molecule has 0 fully saturated rings. The molecular weight excluding hydrogens is 279 g/mol. The van der Waals surface area contributed by atoms with E-state index in [9.17, 15) is 31.7 Å². The molecule has 100 valence electrons. The predicted octanol–water partition coefficient (Wildman–Crippen LogP) is 2.13. The number of aryl methyl sites for hydroxylation is 1. The zero-order valence-electron chi connectivity index (χ0n) is 8.76. The number of benzene rings is 1. The molecule has 10 heteroatoms. The Kier molecular flexibility index (Phi) is 3.51. The van der Waals surface area contributed by atoms with Crippen molar-refractivity contribution in [2.45, 2.75) is 12.4 Å². The Morgan fingerprint density at radius 3 is 2.33 bits per heavy atom. The molecule has 0 aliphatic rings. The molecule has 0 aliphatic carbocycles. The molecule has 18 heavy (non-hydrogen) atoms. The average Bonchev–Trinajstić information content (AvgIpc) is 2.18. The lowest BCUT2D eigenvalue weighted by molar-refractivity contribution is -0.384. The lowest BCUT2D eigenvalue weighted by Gasteiger charge is -2.10. The van der Waals surface area contributed by atoms with Crippen LogP contribution in [0.5, 0.6) is 5.75 Å². The minimum Gasteiger partial charge on any atom is -0.375 e. The Morgan fingerprint density at radius 1 is 1.33 bits per heavy atom. The Balaban J connectivity index is 3.20. The van der Waals surface area contributed by atoms with Crippen LogP contribution in [-0.4, -0.2) is 18.8 Å². The standard InChI is InChI=1S/C8H6F3NO5S/c1-5-2-3-6(12(13)14)4-7(5)17-18(15,16)8(9,10)11/h2-4H,1H3. The highest BCUT2D eigenvalue weighted by atomic mass is 32.2. The van der Waals surface area contributed by atoms with Crippen LogP contribution in [0.3, 0.4) is 0 Å². The van der Waals surface area contributed by atoms with Gasteiger partial charge in [-0.15, -0.1) is 0 Å². The normalized spacial score (nSPS) is 12.2. The first-order valence-electron chi connectivity index (χ1n) is 4.30. The largest absolute Gasteiger partial charge is 0.534 e. The highest BCUT2D eigenvalue weighted by molar-refractivity contribution is 7.88. The minimum atomic E-state index is -5.84. The summed E-state index contributed by atoms with van der Waals surface area (Å²) >= 11 is 0. The first-order valence-corrected chi connectivity index (χ1v) is 5.71. The van der Waals surface area contributed by atoms with Crippen LogP contribution in [0.15, 0.2) is 18.2 Å². The van der Waals surface area contributed by atoms with Crippen molar-refractivity contribution in [3.8, 4) is 5.75 Å². The van der Waals surface area contributed by atoms with Gasteiger partial charge in [0.2, 0.25) is 0 Å². The lowest BCUT2D eigenvalue weighted by Crippen LogP contribution is -2.28. The van der Waals surface area contributed by atoms with E-state index >= 15 is 0 Å². The summed E-state index contributed by atoms with van der Waals surface area (Å²) in [6, 6.07) is 2.71. The number of alkyl halides is 3. The van der Waals surface area contributed by atoms with Crippen molar-refractivity contribution < 1.29 is 30.7 Å². The molecule has 0 aliphatic heterocycles. The first-order chi connectivity index (χ1) is 8.04. The fourth-order valence-corrected chi connectivity index (χ4v) is 1.47. The van der Waals surface area contributed by atoms with Crippen LogP contribution in [0.1, 0.15) is 5.56 Å². The SMILES string of the molecule is Cc1ccc([N+](=O)[O-])cc1OS(=O)(=O)C(F)(F)F. The van der Waals surface area contributed by atoms with Crippen LogP contribution in [-0.2, 0) is 10.1 Å². The van der Waals surface area contributed by atoms with Crippen molar-refractivity contribution in [3.05, 3.63) is 33.9 Å². The zero-order chi connectivity index (χ0) is 14.1. The van der Waals surface area contributed by atoms with Gasteiger partial charge in [0.05, 0.1) is 11.0 Å². The summed E-state index contributed by atoms with van der Waals surface area (Å²) in [6.07, 6.45) is 0. The van der Waals surface area contributed by atoms with Crippen molar-refractivity contribution in [2.24, 2.45) is 0 Å². The van der Waals surface area contributed by atoms with Crippen molar-refractivity contribution in [3.63, 3.8) is 0 Å². The fourth-order valence-electron chi connectivity index (χ4n) is 0.958. The van der Waals surface area contributed by atoms with Gasteiger partial charge in [-0.2, -0.15) is 21.6 Å². The second-order valence-corrected chi connectivity index (χ2v) is 4.73. The summed E-state index contributed by atoms with van der Waals surface area (Å²) in [5.74, 6) is -0.735. The van der Waals surface area contributed by atoms with Crippen LogP contribution in [0.4, 0.5) is 18.9 Å². The summed E-state index contributed by atoms with van der Waals surface area (Å²) in [6.45, 7) is 1.25. The zero-order valence-corrected chi connectivity index (χ0v) is 9.58. The predicted molar refractivity (Wildman–Crippen MR) is 53.4 cm³/mol. The van der Waals surface area contributed by atoms with Gasteiger partial charge in [0.15, 0.2) is 5.75 Å². The molecule has 0 saturated carbocycles. The molecule has 6 nitrogen and oxygen atoms in total. The van der Waals surface area contributed by atoms with E-state index < -0.39 is 32.0 Å². The summed E-state index contributed by atoms with van der Waals surface area (Å²) in [5, 5.41) is 10.4. The molecule has 0 amide bonds. The number of nitro benzene ring substituents is 1. The van der Waals surface area contributed by atoms with Gasteiger partial charge >= 0.3 is 15.6 Å². The van der Waals surface area contributed by atoms with E-state index in [0.29, 0.717) is 6.07 Å². The van der Waals surface area contributed by atoms with Crippen LogP contribution in [0.25, 0.3) is 0 Å². The number of halogens is 3. The average molecular weight is 285 g/mol. The van der Waals surface area contributed by atoms with Gasteiger partial charge in [0, 0.05) is 6.07 Å². The van der Waals surface area contributed by atoms with E-state index in [1.54, 1.807) is 0 Å². The molecule has 1 rings (SSSR count). The molecule has 1 aromatic rings.